The van der Waals surface area contributed by atoms with Crippen LogP contribution in [0.15, 0.2) is 41.8 Å². The quantitative estimate of drug-likeness (QED) is 0.743. The molecule has 1 aromatic carbocycles. The molecule has 1 saturated heterocycles. The molecule has 1 fully saturated rings. The molecule has 2 rings (SSSR count). The first-order valence-electron chi connectivity index (χ1n) is 6.99. The molecule has 0 amide bonds. The second-order valence-corrected chi connectivity index (χ2v) is 9.85. The Hall–Kier alpha value is -1.69. The van der Waals surface area contributed by atoms with Gasteiger partial charge in [-0.1, -0.05) is 12.1 Å². The van der Waals surface area contributed by atoms with Crippen LogP contribution in [0.25, 0.3) is 0 Å². The fourth-order valence-corrected chi connectivity index (χ4v) is 6.81. The first-order valence-corrected chi connectivity index (χ1v) is 10.3. The van der Waals surface area contributed by atoms with E-state index in [9.17, 15) is 16.8 Å². The Morgan fingerprint density at radius 3 is 2.70 bits per heavy atom. The van der Waals surface area contributed by atoms with Crippen molar-refractivity contribution in [2.75, 3.05) is 18.1 Å². The van der Waals surface area contributed by atoms with Crippen LogP contribution in [-0.4, -0.2) is 44.7 Å². The predicted molar refractivity (Wildman–Crippen MR) is 86.9 cm³/mol. The van der Waals surface area contributed by atoms with Crippen LogP contribution in [0.1, 0.15) is 18.9 Å². The van der Waals surface area contributed by atoms with E-state index in [1.807, 2.05) is 6.07 Å². The van der Waals surface area contributed by atoms with Gasteiger partial charge in [0.1, 0.15) is 0 Å². The van der Waals surface area contributed by atoms with Crippen LogP contribution in [0, 0.1) is 11.3 Å². The van der Waals surface area contributed by atoms with Gasteiger partial charge in [0.05, 0.1) is 28.0 Å². The van der Waals surface area contributed by atoms with Gasteiger partial charge in [-0.05, 0) is 31.5 Å². The highest BCUT2D eigenvalue weighted by Crippen LogP contribution is 2.34. The van der Waals surface area contributed by atoms with Gasteiger partial charge in [-0.15, -0.1) is 6.58 Å². The second kappa shape index (κ2) is 6.07. The molecular weight excluding hydrogens is 336 g/mol. The van der Waals surface area contributed by atoms with Crippen molar-refractivity contribution >= 4 is 19.9 Å². The van der Waals surface area contributed by atoms with Gasteiger partial charge in [-0.25, -0.2) is 16.8 Å². The van der Waals surface area contributed by atoms with E-state index in [1.165, 1.54) is 34.6 Å². The van der Waals surface area contributed by atoms with Crippen molar-refractivity contribution < 1.29 is 16.8 Å². The molecule has 0 aliphatic carbocycles. The Morgan fingerprint density at radius 2 is 2.17 bits per heavy atom. The van der Waals surface area contributed by atoms with Gasteiger partial charge in [0.2, 0.25) is 10.0 Å². The molecular formula is C15H18N2O4S2. The highest BCUT2D eigenvalue weighted by atomic mass is 32.2. The summed E-state index contributed by atoms with van der Waals surface area (Å²) in [4.78, 5) is -0.0241. The normalized spacial score (nSPS) is 23.5. The number of sulfone groups is 1. The van der Waals surface area contributed by atoms with E-state index in [4.69, 9.17) is 5.26 Å². The molecule has 0 bridgehead atoms. The van der Waals surface area contributed by atoms with Crippen molar-refractivity contribution in [1.82, 2.24) is 4.31 Å². The number of sulfonamides is 1. The highest BCUT2D eigenvalue weighted by molar-refractivity contribution is 7.92. The lowest BCUT2D eigenvalue weighted by Gasteiger charge is -2.35. The van der Waals surface area contributed by atoms with E-state index in [0.717, 1.165) is 0 Å². The molecule has 0 radical (unpaired) electrons. The zero-order chi connectivity index (χ0) is 17.3. The van der Waals surface area contributed by atoms with E-state index >= 15 is 0 Å². The number of rotatable bonds is 5. The number of benzene rings is 1. The van der Waals surface area contributed by atoms with Crippen LogP contribution >= 0.6 is 0 Å². The van der Waals surface area contributed by atoms with Gasteiger partial charge >= 0.3 is 0 Å². The highest BCUT2D eigenvalue weighted by Gasteiger charge is 2.47. The summed E-state index contributed by atoms with van der Waals surface area (Å²) in [5.74, 6) is -0.254. The number of hydrogen-bond acceptors (Lipinski definition) is 5. The molecule has 1 aliphatic heterocycles. The standard InChI is InChI=1S/C15H18N2O4S2/c1-3-8-17(15(2)7-9-22(18,19)12-15)23(20,21)14-6-4-5-13(10-14)11-16/h3-6,10H,1,7-9,12H2,2H3/t15-/m1/s1. The third-order valence-electron chi connectivity index (χ3n) is 3.93. The monoisotopic (exact) mass is 354 g/mol. The first-order chi connectivity index (χ1) is 10.6. The lowest BCUT2D eigenvalue weighted by atomic mass is 10.0. The zero-order valence-corrected chi connectivity index (χ0v) is 14.4. The van der Waals surface area contributed by atoms with Crippen LogP contribution in [0.4, 0.5) is 0 Å². The molecule has 1 atom stereocenters. The molecule has 0 unspecified atom stereocenters. The van der Waals surface area contributed by atoms with Gasteiger partial charge < -0.3 is 0 Å². The van der Waals surface area contributed by atoms with E-state index in [1.54, 1.807) is 6.92 Å². The van der Waals surface area contributed by atoms with Crippen LogP contribution in [0.2, 0.25) is 0 Å². The topological polar surface area (TPSA) is 95.3 Å². The molecule has 124 valence electrons. The number of hydrogen-bond donors (Lipinski definition) is 0. The Bertz CT molecular complexity index is 869. The summed E-state index contributed by atoms with van der Waals surface area (Å²) < 4.78 is 50.8. The SMILES string of the molecule is C=CCN([C@]1(C)CCS(=O)(=O)C1)S(=O)(=O)c1cccc(C#N)c1. The van der Waals surface area contributed by atoms with E-state index in [2.05, 4.69) is 6.58 Å². The van der Waals surface area contributed by atoms with Crippen LogP contribution < -0.4 is 0 Å². The minimum absolute atomic E-state index is 0.00509. The summed E-state index contributed by atoms with van der Waals surface area (Å²) in [6, 6.07) is 7.60. The zero-order valence-electron chi connectivity index (χ0n) is 12.8. The third-order valence-corrected chi connectivity index (χ3v) is 7.84. The Morgan fingerprint density at radius 1 is 1.48 bits per heavy atom. The van der Waals surface area contributed by atoms with Gasteiger partial charge in [0.15, 0.2) is 9.84 Å². The Balaban J connectivity index is 2.52. The minimum Gasteiger partial charge on any atom is -0.229 e. The third kappa shape index (κ3) is 3.47. The fourth-order valence-electron chi connectivity index (χ4n) is 2.77. The van der Waals surface area contributed by atoms with Gasteiger partial charge in [-0.2, -0.15) is 9.57 Å². The van der Waals surface area contributed by atoms with E-state index in [0.29, 0.717) is 0 Å². The smallest absolute Gasteiger partial charge is 0.229 e. The molecule has 23 heavy (non-hydrogen) atoms. The van der Waals surface area contributed by atoms with Crippen LogP contribution in [0.3, 0.4) is 0 Å². The number of nitriles is 1. The lowest BCUT2D eigenvalue weighted by molar-refractivity contribution is 0.252. The maximum atomic E-state index is 13.0. The molecule has 0 spiro atoms. The average molecular weight is 354 g/mol. The Labute approximate surface area is 137 Å². The summed E-state index contributed by atoms with van der Waals surface area (Å²) >= 11 is 0. The summed E-state index contributed by atoms with van der Waals surface area (Å²) in [6.45, 7) is 5.21. The summed E-state index contributed by atoms with van der Waals surface area (Å²) in [5, 5.41) is 8.95. The van der Waals surface area contributed by atoms with Crippen LogP contribution in [-0.2, 0) is 19.9 Å². The van der Waals surface area contributed by atoms with Crippen molar-refractivity contribution in [2.24, 2.45) is 0 Å². The van der Waals surface area contributed by atoms with Gasteiger partial charge in [-0.3, -0.25) is 0 Å². The molecule has 1 aromatic rings. The number of nitrogens with zero attached hydrogens (tertiary/aromatic N) is 2. The second-order valence-electron chi connectivity index (χ2n) is 5.80. The Kier molecular flexibility index (Phi) is 4.66. The van der Waals surface area contributed by atoms with Crippen molar-refractivity contribution in [2.45, 2.75) is 23.8 Å². The fraction of sp³-hybridized carbons (Fsp3) is 0.400. The van der Waals surface area contributed by atoms with Gasteiger partial charge in [0, 0.05) is 12.1 Å². The minimum atomic E-state index is -3.94. The molecule has 1 aliphatic rings. The van der Waals surface area contributed by atoms with E-state index in [-0.39, 0.29) is 34.9 Å². The molecule has 0 N–H and O–H groups in total. The van der Waals surface area contributed by atoms with E-state index < -0.39 is 25.4 Å². The molecule has 6 nitrogen and oxygen atoms in total. The molecule has 8 heteroatoms. The largest absolute Gasteiger partial charge is 0.243 e. The van der Waals surface area contributed by atoms with Crippen molar-refractivity contribution in [3.8, 4) is 6.07 Å². The summed E-state index contributed by atoms with van der Waals surface area (Å²) in [7, 11) is -7.21. The predicted octanol–water partition coefficient (Wildman–Crippen LogP) is 1.31. The van der Waals surface area contributed by atoms with Crippen molar-refractivity contribution in [3.63, 3.8) is 0 Å². The summed E-state index contributed by atoms with van der Waals surface area (Å²) in [6.07, 6.45) is 1.67. The first kappa shape index (κ1) is 17.7. The van der Waals surface area contributed by atoms with Gasteiger partial charge in [0.25, 0.3) is 0 Å². The molecule has 0 saturated carbocycles. The molecule has 0 aromatic heterocycles. The van der Waals surface area contributed by atoms with Crippen LogP contribution in [0.5, 0.6) is 0 Å². The molecule has 1 heterocycles. The average Bonchev–Trinajstić information content (AvgIpc) is 2.79. The maximum absolute atomic E-state index is 13.0. The van der Waals surface area contributed by atoms with Crippen molar-refractivity contribution in [3.05, 3.63) is 42.5 Å². The summed E-state index contributed by atoms with van der Waals surface area (Å²) in [5.41, 5.74) is -0.789. The van der Waals surface area contributed by atoms with Crippen molar-refractivity contribution in [1.29, 1.82) is 5.26 Å². The maximum Gasteiger partial charge on any atom is 0.243 e. The lowest BCUT2D eigenvalue weighted by Crippen LogP contribution is -2.50.